The molecule has 1 fully saturated rings. The molecular formula is C19H26N4O2S. The van der Waals surface area contributed by atoms with Gasteiger partial charge >= 0.3 is 0 Å². The van der Waals surface area contributed by atoms with E-state index < -0.39 is 9.84 Å². The summed E-state index contributed by atoms with van der Waals surface area (Å²) < 4.78 is 23.6. The second-order valence-corrected chi connectivity index (χ2v) is 9.45. The monoisotopic (exact) mass is 374 g/mol. The van der Waals surface area contributed by atoms with E-state index in [9.17, 15) is 8.42 Å². The lowest BCUT2D eigenvalue weighted by Crippen LogP contribution is -2.33. The van der Waals surface area contributed by atoms with Gasteiger partial charge in [-0.1, -0.05) is 32.0 Å². The average Bonchev–Trinajstić information content (AvgIpc) is 2.94. The van der Waals surface area contributed by atoms with Gasteiger partial charge in [-0.05, 0) is 30.9 Å². The number of nitrogens with one attached hydrogen (secondary N) is 1. The second-order valence-electron chi connectivity index (χ2n) is 7.23. The number of hydrogen-bond donors (Lipinski definition) is 1. The summed E-state index contributed by atoms with van der Waals surface area (Å²) in [4.78, 5) is 11.1. The van der Waals surface area contributed by atoms with Crippen LogP contribution in [-0.2, 0) is 9.84 Å². The fraction of sp³-hybridized carbons (Fsp3) is 0.474. The number of para-hydroxylation sites is 1. The molecule has 0 radical (unpaired) electrons. The zero-order valence-corrected chi connectivity index (χ0v) is 16.5. The lowest BCUT2D eigenvalue weighted by Gasteiger charge is -2.25. The molecule has 1 aliphatic rings. The molecule has 2 aromatic rings. The summed E-state index contributed by atoms with van der Waals surface area (Å²) in [6, 6.07) is 9.99. The third kappa shape index (κ3) is 4.15. The Hall–Kier alpha value is -2.15. The SMILES string of the molecule is Cc1cc(N(C)C2CCS(=O)(=O)C2)nc(Nc2ccccc2C(C)C)n1. The molecule has 0 saturated carbocycles. The zero-order chi connectivity index (χ0) is 18.9. The maximum Gasteiger partial charge on any atom is 0.229 e. The van der Waals surface area contributed by atoms with Crippen molar-refractivity contribution < 1.29 is 8.42 Å². The van der Waals surface area contributed by atoms with E-state index in [0.717, 1.165) is 17.2 Å². The smallest absolute Gasteiger partial charge is 0.229 e. The van der Waals surface area contributed by atoms with E-state index in [1.807, 2.05) is 43.1 Å². The Bertz CT molecular complexity index is 896. The van der Waals surface area contributed by atoms with Crippen LogP contribution in [0.15, 0.2) is 30.3 Å². The summed E-state index contributed by atoms with van der Waals surface area (Å²) in [6.07, 6.45) is 0.640. The summed E-state index contributed by atoms with van der Waals surface area (Å²) in [5, 5.41) is 3.33. The molecule has 0 aliphatic carbocycles. The molecule has 0 amide bonds. The Morgan fingerprint density at radius 3 is 2.62 bits per heavy atom. The van der Waals surface area contributed by atoms with Crippen LogP contribution < -0.4 is 10.2 Å². The van der Waals surface area contributed by atoms with Gasteiger partial charge in [0, 0.05) is 30.5 Å². The van der Waals surface area contributed by atoms with E-state index in [1.54, 1.807) is 0 Å². The lowest BCUT2D eigenvalue weighted by molar-refractivity contribution is 0.600. The van der Waals surface area contributed by atoms with Gasteiger partial charge in [0.15, 0.2) is 9.84 Å². The standard InChI is InChI=1S/C19H26N4O2S/c1-13(2)16-7-5-6-8-17(16)21-19-20-14(3)11-18(22-19)23(4)15-9-10-26(24,25)12-15/h5-8,11,13,15H,9-10,12H2,1-4H3,(H,20,21,22). The molecule has 6 nitrogen and oxygen atoms in total. The van der Waals surface area contributed by atoms with Crippen LogP contribution in [0, 0.1) is 6.92 Å². The highest BCUT2D eigenvalue weighted by Crippen LogP contribution is 2.27. The topological polar surface area (TPSA) is 75.2 Å². The molecule has 1 N–H and O–H groups in total. The Labute approximate surface area is 155 Å². The van der Waals surface area contributed by atoms with Gasteiger partial charge in [-0.25, -0.2) is 13.4 Å². The number of benzene rings is 1. The number of aromatic nitrogens is 2. The second kappa shape index (κ2) is 7.23. The van der Waals surface area contributed by atoms with Crippen LogP contribution in [-0.4, -0.2) is 43.0 Å². The largest absolute Gasteiger partial charge is 0.355 e. The van der Waals surface area contributed by atoms with Gasteiger partial charge < -0.3 is 10.2 Å². The Balaban J connectivity index is 1.87. The molecule has 0 bridgehead atoms. The highest BCUT2D eigenvalue weighted by molar-refractivity contribution is 7.91. The maximum absolute atomic E-state index is 11.8. The van der Waals surface area contributed by atoms with Gasteiger partial charge in [-0.2, -0.15) is 4.98 Å². The van der Waals surface area contributed by atoms with Crippen LogP contribution in [0.3, 0.4) is 0 Å². The van der Waals surface area contributed by atoms with Crippen LogP contribution in [0.25, 0.3) is 0 Å². The Kier molecular flexibility index (Phi) is 5.18. The molecule has 26 heavy (non-hydrogen) atoms. The molecule has 1 aromatic carbocycles. The number of rotatable bonds is 5. The quantitative estimate of drug-likeness (QED) is 0.866. The first kappa shape index (κ1) is 18.6. The van der Waals surface area contributed by atoms with E-state index in [0.29, 0.717) is 18.3 Å². The van der Waals surface area contributed by atoms with Crippen molar-refractivity contribution in [1.82, 2.24) is 9.97 Å². The normalized spacial score (nSPS) is 18.9. The van der Waals surface area contributed by atoms with Crippen molar-refractivity contribution in [3.05, 3.63) is 41.6 Å². The van der Waals surface area contributed by atoms with E-state index >= 15 is 0 Å². The molecule has 1 aromatic heterocycles. The Morgan fingerprint density at radius 2 is 1.96 bits per heavy atom. The summed E-state index contributed by atoms with van der Waals surface area (Å²) in [5.74, 6) is 2.09. The summed E-state index contributed by atoms with van der Waals surface area (Å²) in [5.41, 5.74) is 3.03. The van der Waals surface area contributed by atoms with Crippen LogP contribution >= 0.6 is 0 Å². The molecule has 3 rings (SSSR count). The van der Waals surface area contributed by atoms with Gasteiger partial charge in [-0.15, -0.1) is 0 Å². The summed E-state index contributed by atoms with van der Waals surface area (Å²) >= 11 is 0. The molecule has 1 atom stereocenters. The fourth-order valence-electron chi connectivity index (χ4n) is 3.29. The maximum atomic E-state index is 11.8. The van der Waals surface area contributed by atoms with Crippen LogP contribution in [0.5, 0.6) is 0 Å². The minimum Gasteiger partial charge on any atom is -0.355 e. The molecule has 0 spiro atoms. The van der Waals surface area contributed by atoms with Crippen molar-refractivity contribution in [2.24, 2.45) is 0 Å². The first-order chi connectivity index (χ1) is 12.2. The number of anilines is 3. The van der Waals surface area contributed by atoms with Crippen molar-refractivity contribution in [3.63, 3.8) is 0 Å². The third-order valence-electron chi connectivity index (χ3n) is 4.79. The van der Waals surface area contributed by atoms with Crippen LogP contribution in [0.1, 0.15) is 37.4 Å². The van der Waals surface area contributed by atoms with Crippen molar-refractivity contribution in [2.75, 3.05) is 28.8 Å². The van der Waals surface area contributed by atoms with Crippen molar-refractivity contribution in [2.45, 2.75) is 39.2 Å². The molecule has 7 heteroatoms. The van der Waals surface area contributed by atoms with Crippen molar-refractivity contribution in [1.29, 1.82) is 0 Å². The number of aryl methyl sites for hydroxylation is 1. The lowest BCUT2D eigenvalue weighted by atomic mass is 10.0. The van der Waals surface area contributed by atoms with Gasteiger partial charge in [0.25, 0.3) is 0 Å². The van der Waals surface area contributed by atoms with E-state index in [2.05, 4.69) is 35.2 Å². The van der Waals surface area contributed by atoms with Gasteiger partial charge in [0.05, 0.1) is 11.5 Å². The van der Waals surface area contributed by atoms with Crippen molar-refractivity contribution >= 4 is 27.3 Å². The fourth-order valence-corrected chi connectivity index (χ4v) is 5.07. The first-order valence-electron chi connectivity index (χ1n) is 8.90. The molecule has 1 saturated heterocycles. The highest BCUT2D eigenvalue weighted by atomic mass is 32.2. The van der Waals surface area contributed by atoms with Crippen LogP contribution in [0.4, 0.5) is 17.5 Å². The van der Waals surface area contributed by atoms with Crippen molar-refractivity contribution in [3.8, 4) is 0 Å². The predicted octanol–water partition coefficient (Wildman–Crippen LogP) is 3.28. The minimum atomic E-state index is -2.93. The third-order valence-corrected chi connectivity index (χ3v) is 6.54. The van der Waals surface area contributed by atoms with Gasteiger partial charge in [0.1, 0.15) is 5.82 Å². The first-order valence-corrected chi connectivity index (χ1v) is 10.7. The molecule has 140 valence electrons. The van der Waals surface area contributed by atoms with Gasteiger partial charge in [0.2, 0.25) is 5.95 Å². The molecule has 2 heterocycles. The number of hydrogen-bond acceptors (Lipinski definition) is 6. The highest BCUT2D eigenvalue weighted by Gasteiger charge is 2.31. The molecule has 1 unspecified atom stereocenters. The number of nitrogens with zero attached hydrogens (tertiary/aromatic N) is 3. The summed E-state index contributed by atoms with van der Waals surface area (Å²) in [6.45, 7) is 6.22. The Morgan fingerprint density at radius 1 is 1.23 bits per heavy atom. The average molecular weight is 375 g/mol. The van der Waals surface area contributed by atoms with Crippen LogP contribution in [0.2, 0.25) is 0 Å². The number of sulfone groups is 1. The summed E-state index contributed by atoms with van der Waals surface area (Å²) in [7, 11) is -1.03. The predicted molar refractivity (Wildman–Crippen MR) is 106 cm³/mol. The molecular weight excluding hydrogens is 348 g/mol. The van der Waals surface area contributed by atoms with Gasteiger partial charge in [-0.3, -0.25) is 0 Å². The molecule has 1 aliphatic heterocycles. The van der Waals surface area contributed by atoms with E-state index in [4.69, 9.17) is 0 Å². The van der Waals surface area contributed by atoms with E-state index in [-0.39, 0.29) is 17.5 Å². The minimum absolute atomic E-state index is 0.0369. The zero-order valence-electron chi connectivity index (χ0n) is 15.7. The van der Waals surface area contributed by atoms with E-state index in [1.165, 1.54) is 5.56 Å².